The molecule has 22 heavy (non-hydrogen) atoms. The van der Waals surface area contributed by atoms with Gasteiger partial charge in [-0.2, -0.15) is 0 Å². The smallest absolute Gasteiger partial charge is 0.179 e. The van der Waals surface area contributed by atoms with E-state index in [2.05, 4.69) is 5.32 Å². The van der Waals surface area contributed by atoms with Gasteiger partial charge in [0, 0.05) is 6.54 Å². The lowest BCUT2D eigenvalue weighted by Gasteiger charge is -2.13. The Morgan fingerprint density at radius 2 is 1.82 bits per heavy atom. The summed E-state index contributed by atoms with van der Waals surface area (Å²) in [7, 11) is 3.12. The summed E-state index contributed by atoms with van der Waals surface area (Å²) in [5.74, 6) is 0.952. The van der Waals surface area contributed by atoms with Gasteiger partial charge in [-0.1, -0.05) is 35.9 Å². The Morgan fingerprint density at radius 3 is 2.50 bits per heavy atom. The summed E-state index contributed by atoms with van der Waals surface area (Å²) in [5, 5.41) is 3.79. The van der Waals surface area contributed by atoms with Crippen LogP contribution in [0.4, 0.5) is 4.39 Å². The Bertz CT molecular complexity index is 634. The van der Waals surface area contributed by atoms with Crippen LogP contribution in [0.5, 0.6) is 11.5 Å². The van der Waals surface area contributed by atoms with Crippen LogP contribution in [-0.4, -0.2) is 20.8 Å². The molecule has 3 nitrogen and oxygen atoms in total. The first-order valence-corrected chi connectivity index (χ1v) is 7.38. The molecule has 0 radical (unpaired) electrons. The van der Waals surface area contributed by atoms with Crippen molar-refractivity contribution in [1.82, 2.24) is 5.32 Å². The van der Waals surface area contributed by atoms with Crippen molar-refractivity contribution in [3.63, 3.8) is 0 Å². The fraction of sp³-hybridized carbons (Fsp3) is 0.294. The molecule has 0 aliphatic heterocycles. The Morgan fingerprint density at radius 1 is 1.05 bits per heavy atom. The first-order valence-electron chi connectivity index (χ1n) is 7.00. The van der Waals surface area contributed by atoms with Crippen LogP contribution < -0.4 is 14.8 Å². The van der Waals surface area contributed by atoms with Crippen molar-refractivity contribution in [2.45, 2.75) is 13.0 Å². The van der Waals surface area contributed by atoms with Crippen molar-refractivity contribution in [1.29, 1.82) is 0 Å². The zero-order valence-electron chi connectivity index (χ0n) is 12.7. The van der Waals surface area contributed by atoms with Gasteiger partial charge < -0.3 is 14.8 Å². The second-order valence-corrected chi connectivity index (χ2v) is 5.17. The second kappa shape index (κ2) is 8.01. The molecule has 2 rings (SSSR count). The highest BCUT2D eigenvalue weighted by Gasteiger charge is 2.12. The predicted octanol–water partition coefficient (Wildman–Crippen LogP) is 3.83. The standard InChI is InChI=1S/C17H19ClFNO2/c1-21-15-8-7-13(16(18)17(15)22-2)11-20-10-9-12-5-3-4-6-14(12)19/h3-8,20H,9-11H2,1-2H3. The first-order chi connectivity index (χ1) is 10.7. The number of methoxy groups -OCH3 is 2. The summed E-state index contributed by atoms with van der Waals surface area (Å²) in [6.07, 6.45) is 0.623. The Balaban J connectivity index is 1.94. The minimum Gasteiger partial charge on any atom is -0.493 e. The summed E-state index contributed by atoms with van der Waals surface area (Å²) in [6, 6.07) is 10.5. The predicted molar refractivity (Wildman–Crippen MR) is 86.4 cm³/mol. The Kier molecular flexibility index (Phi) is 6.04. The summed E-state index contributed by atoms with van der Waals surface area (Å²) in [4.78, 5) is 0. The van der Waals surface area contributed by atoms with E-state index in [1.807, 2.05) is 18.2 Å². The van der Waals surface area contributed by atoms with E-state index in [-0.39, 0.29) is 5.82 Å². The molecule has 2 aromatic rings. The lowest BCUT2D eigenvalue weighted by Crippen LogP contribution is -2.17. The molecule has 118 valence electrons. The van der Waals surface area contributed by atoms with E-state index >= 15 is 0 Å². The third-order valence-electron chi connectivity index (χ3n) is 3.41. The van der Waals surface area contributed by atoms with Crippen molar-refractivity contribution in [3.05, 3.63) is 58.4 Å². The molecule has 0 bridgehead atoms. The number of rotatable bonds is 7. The monoisotopic (exact) mass is 323 g/mol. The fourth-order valence-corrected chi connectivity index (χ4v) is 2.51. The van der Waals surface area contributed by atoms with Gasteiger partial charge in [0.2, 0.25) is 0 Å². The summed E-state index contributed by atoms with van der Waals surface area (Å²) < 4.78 is 24.0. The average Bonchev–Trinajstić information content (AvgIpc) is 2.54. The number of hydrogen-bond acceptors (Lipinski definition) is 3. The van der Waals surface area contributed by atoms with Crippen molar-refractivity contribution in [3.8, 4) is 11.5 Å². The molecule has 0 atom stereocenters. The maximum absolute atomic E-state index is 13.5. The van der Waals surface area contributed by atoms with Crippen LogP contribution >= 0.6 is 11.6 Å². The largest absolute Gasteiger partial charge is 0.493 e. The topological polar surface area (TPSA) is 30.5 Å². The van der Waals surface area contributed by atoms with Crippen molar-refractivity contribution >= 4 is 11.6 Å². The maximum Gasteiger partial charge on any atom is 0.179 e. The normalized spacial score (nSPS) is 10.5. The van der Waals surface area contributed by atoms with E-state index in [0.717, 1.165) is 5.56 Å². The molecule has 0 aliphatic rings. The van der Waals surface area contributed by atoms with Crippen molar-refractivity contribution in [2.75, 3.05) is 20.8 Å². The zero-order valence-corrected chi connectivity index (χ0v) is 13.4. The van der Waals surface area contributed by atoms with Gasteiger partial charge in [-0.3, -0.25) is 0 Å². The van der Waals surface area contributed by atoms with Gasteiger partial charge in [0.15, 0.2) is 11.5 Å². The third-order valence-corrected chi connectivity index (χ3v) is 3.82. The van der Waals surface area contributed by atoms with Crippen LogP contribution in [-0.2, 0) is 13.0 Å². The summed E-state index contributed by atoms with van der Waals surface area (Å²) >= 11 is 6.31. The van der Waals surface area contributed by atoms with Gasteiger partial charge in [0.25, 0.3) is 0 Å². The van der Waals surface area contributed by atoms with Gasteiger partial charge in [-0.05, 0) is 36.2 Å². The first kappa shape index (κ1) is 16.6. The number of halogens is 2. The minimum atomic E-state index is -0.173. The van der Waals surface area contributed by atoms with E-state index < -0.39 is 0 Å². The van der Waals surface area contributed by atoms with Gasteiger partial charge in [0.1, 0.15) is 5.82 Å². The molecule has 0 aliphatic carbocycles. The van der Waals surface area contributed by atoms with E-state index in [1.54, 1.807) is 26.4 Å². The maximum atomic E-state index is 13.5. The molecule has 0 spiro atoms. The van der Waals surface area contributed by atoms with Crippen LogP contribution in [0.2, 0.25) is 5.02 Å². The highest BCUT2D eigenvalue weighted by molar-refractivity contribution is 6.33. The van der Waals surface area contributed by atoms with Crippen LogP contribution in [0, 0.1) is 5.82 Å². The molecule has 0 unspecified atom stereocenters. The number of nitrogens with one attached hydrogen (secondary N) is 1. The fourth-order valence-electron chi connectivity index (χ4n) is 2.21. The molecule has 0 fully saturated rings. The van der Waals surface area contributed by atoms with E-state index in [1.165, 1.54) is 6.07 Å². The van der Waals surface area contributed by atoms with Crippen molar-refractivity contribution < 1.29 is 13.9 Å². The SMILES string of the molecule is COc1ccc(CNCCc2ccccc2F)c(Cl)c1OC. The molecular formula is C17H19ClFNO2. The lowest BCUT2D eigenvalue weighted by molar-refractivity contribution is 0.354. The Hall–Kier alpha value is -1.78. The van der Waals surface area contributed by atoms with Crippen LogP contribution in [0.15, 0.2) is 36.4 Å². The van der Waals surface area contributed by atoms with Crippen LogP contribution in [0.25, 0.3) is 0 Å². The van der Waals surface area contributed by atoms with Crippen molar-refractivity contribution in [2.24, 2.45) is 0 Å². The minimum absolute atomic E-state index is 0.173. The van der Waals surface area contributed by atoms with Gasteiger partial charge in [-0.25, -0.2) is 4.39 Å². The van der Waals surface area contributed by atoms with Gasteiger partial charge in [0.05, 0.1) is 19.2 Å². The highest BCUT2D eigenvalue weighted by Crippen LogP contribution is 2.37. The van der Waals surface area contributed by atoms with Gasteiger partial charge >= 0.3 is 0 Å². The molecule has 0 amide bonds. The third kappa shape index (κ3) is 3.90. The second-order valence-electron chi connectivity index (χ2n) is 4.79. The highest BCUT2D eigenvalue weighted by atomic mass is 35.5. The molecular weight excluding hydrogens is 305 g/mol. The molecule has 2 aromatic carbocycles. The summed E-state index contributed by atoms with van der Waals surface area (Å²) in [5.41, 5.74) is 1.61. The van der Waals surface area contributed by atoms with E-state index in [0.29, 0.717) is 41.6 Å². The molecule has 0 heterocycles. The molecule has 1 N–H and O–H groups in total. The summed E-state index contributed by atoms with van der Waals surface area (Å²) in [6.45, 7) is 1.24. The van der Waals surface area contributed by atoms with Gasteiger partial charge in [-0.15, -0.1) is 0 Å². The number of hydrogen-bond donors (Lipinski definition) is 1. The number of ether oxygens (including phenoxy) is 2. The molecule has 0 saturated heterocycles. The number of benzene rings is 2. The Labute approximate surface area is 135 Å². The van der Waals surface area contributed by atoms with Crippen LogP contribution in [0.1, 0.15) is 11.1 Å². The van der Waals surface area contributed by atoms with E-state index in [9.17, 15) is 4.39 Å². The molecule has 0 saturated carbocycles. The van der Waals surface area contributed by atoms with E-state index in [4.69, 9.17) is 21.1 Å². The molecule has 0 aromatic heterocycles. The van der Waals surface area contributed by atoms with Crippen LogP contribution in [0.3, 0.4) is 0 Å². The zero-order chi connectivity index (χ0) is 15.9. The molecule has 5 heteroatoms. The lowest BCUT2D eigenvalue weighted by atomic mass is 10.1. The quantitative estimate of drug-likeness (QED) is 0.786. The average molecular weight is 324 g/mol.